The molecule has 0 bridgehead atoms. The maximum absolute atomic E-state index is 12.9. The minimum atomic E-state index is -5.08. The van der Waals surface area contributed by atoms with Crippen LogP contribution in [-0.4, -0.2) is 94.1 Å². The van der Waals surface area contributed by atoms with Gasteiger partial charge in [-0.1, -0.05) is 36.4 Å². The number of amides is 2. The van der Waals surface area contributed by atoms with E-state index in [2.05, 4.69) is 10.3 Å². The number of aromatic nitrogens is 1. The lowest BCUT2D eigenvalue weighted by atomic mass is 9.94. The van der Waals surface area contributed by atoms with Crippen molar-refractivity contribution in [1.82, 2.24) is 20.1 Å². The Kier molecular flexibility index (Phi) is 12.2. The lowest BCUT2D eigenvalue weighted by Crippen LogP contribution is -2.42. The van der Waals surface area contributed by atoms with Gasteiger partial charge in [-0.05, 0) is 17.2 Å². The van der Waals surface area contributed by atoms with Crippen molar-refractivity contribution < 1.29 is 52.1 Å². The number of hydrogen-bond donors (Lipinski definition) is 3. The fraction of sp³-hybridized carbons (Fsp3) is 0.385. The number of carbonyl (C=O) groups is 5. The molecule has 2 aromatic rings. The zero-order chi connectivity index (χ0) is 30.6. The number of ether oxygens (including phenoxy) is 1. The van der Waals surface area contributed by atoms with Crippen LogP contribution in [0.25, 0.3) is 0 Å². The molecule has 3 N–H and O–H groups in total. The van der Waals surface area contributed by atoms with Crippen LogP contribution >= 0.6 is 0 Å². The van der Waals surface area contributed by atoms with Crippen molar-refractivity contribution in [3.8, 4) is 0 Å². The van der Waals surface area contributed by atoms with Gasteiger partial charge < -0.3 is 25.2 Å². The molecule has 2 atom stereocenters. The van der Waals surface area contributed by atoms with Crippen LogP contribution in [0.2, 0.25) is 0 Å². The Morgan fingerprint density at radius 1 is 1.10 bits per heavy atom. The van der Waals surface area contributed by atoms with Crippen LogP contribution in [0.4, 0.5) is 13.2 Å². The number of alkyl halides is 3. The Morgan fingerprint density at radius 2 is 1.76 bits per heavy atom. The predicted molar refractivity (Wildman–Crippen MR) is 135 cm³/mol. The summed E-state index contributed by atoms with van der Waals surface area (Å²) in [6.07, 6.45) is -1.75. The van der Waals surface area contributed by atoms with E-state index in [9.17, 15) is 37.5 Å². The summed E-state index contributed by atoms with van der Waals surface area (Å²) >= 11 is 0. The molecule has 3 rings (SSSR count). The first-order valence-electron chi connectivity index (χ1n) is 12.2. The summed E-state index contributed by atoms with van der Waals surface area (Å²) in [5.74, 6) is -5.45. The van der Waals surface area contributed by atoms with Crippen molar-refractivity contribution >= 4 is 29.7 Å². The number of aliphatic carboxylic acids is 2. The molecular formula is C26H29F3N4O8. The number of pyridine rings is 1. The summed E-state index contributed by atoms with van der Waals surface area (Å²) in [5, 5.41) is 19.1. The second kappa shape index (κ2) is 15.3. The van der Waals surface area contributed by atoms with E-state index in [1.165, 1.54) is 4.90 Å². The van der Waals surface area contributed by atoms with Gasteiger partial charge in [0.2, 0.25) is 11.8 Å². The molecule has 41 heavy (non-hydrogen) atoms. The number of esters is 1. The van der Waals surface area contributed by atoms with E-state index in [0.29, 0.717) is 0 Å². The van der Waals surface area contributed by atoms with Gasteiger partial charge in [0.1, 0.15) is 6.61 Å². The molecule has 0 radical (unpaired) electrons. The number of carboxylic acids is 2. The minimum Gasteiger partial charge on any atom is -0.480 e. The van der Waals surface area contributed by atoms with Crippen molar-refractivity contribution in [1.29, 1.82) is 0 Å². The third-order valence-electron chi connectivity index (χ3n) is 5.87. The predicted octanol–water partition coefficient (Wildman–Crippen LogP) is 1.48. The zero-order valence-corrected chi connectivity index (χ0v) is 21.9. The Hall–Kier alpha value is -4.53. The SMILES string of the molecule is CN1C(=O)C[C@H](C(=O)NCCN(CC(=O)O)CC(=O)OCc2ccccc2)[C@H]1c1cccnc1.O=C(O)C(F)(F)F. The highest BCUT2D eigenvalue weighted by molar-refractivity contribution is 5.90. The molecule has 1 aromatic heterocycles. The summed E-state index contributed by atoms with van der Waals surface area (Å²) in [6.45, 7) is -0.258. The van der Waals surface area contributed by atoms with Gasteiger partial charge in [-0.15, -0.1) is 0 Å². The second-order valence-electron chi connectivity index (χ2n) is 8.89. The molecule has 0 aliphatic carbocycles. The topological polar surface area (TPSA) is 166 Å². The van der Waals surface area contributed by atoms with Crippen LogP contribution in [-0.2, 0) is 35.3 Å². The Balaban J connectivity index is 0.000000745. The molecule has 0 saturated carbocycles. The molecular weight excluding hydrogens is 553 g/mol. The molecule has 222 valence electrons. The van der Waals surface area contributed by atoms with Crippen molar-refractivity contribution in [2.24, 2.45) is 5.92 Å². The van der Waals surface area contributed by atoms with E-state index < -0.39 is 36.0 Å². The highest BCUT2D eigenvalue weighted by Crippen LogP contribution is 2.36. The van der Waals surface area contributed by atoms with Crippen molar-refractivity contribution in [2.45, 2.75) is 25.2 Å². The number of hydrogen-bond acceptors (Lipinski definition) is 8. The van der Waals surface area contributed by atoms with E-state index in [4.69, 9.17) is 14.6 Å². The average Bonchev–Trinajstić information content (AvgIpc) is 3.22. The summed E-state index contributed by atoms with van der Waals surface area (Å²) in [7, 11) is 1.66. The molecule has 15 heteroatoms. The molecule has 0 unspecified atom stereocenters. The summed E-state index contributed by atoms with van der Waals surface area (Å²) < 4.78 is 37.0. The van der Waals surface area contributed by atoms with E-state index in [1.54, 1.807) is 30.4 Å². The van der Waals surface area contributed by atoms with Crippen LogP contribution in [0.15, 0.2) is 54.9 Å². The first-order valence-corrected chi connectivity index (χ1v) is 12.2. The number of carbonyl (C=O) groups excluding carboxylic acids is 3. The van der Waals surface area contributed by atoms with Crippen molar-refractivity contribution in [3.05, 3.63) is 66.0 Å². The van der Waals surface area contributed by atoms with Gasteiger partial charge in [0.15, 0.2) is 0 Å². The number of nitrogens with one attached hydrogen (secondary N) is 1. The van der Waals surface area contributed by atoms with Gasteiger partial charge in [-0.25, -0.2) is 4.79 Å². The van der Waals surface area contributed by atoms with E-state index in [1.807, 2.05) is 36.4 Å². The summed E-state index contributed by atoms with van der Waals surface area (Å²) in [4.78, 5) is 64.5. The molecule has 1 aromatic carbocycles. The molecule has 1 saturated heterocycles. The zero-order valence-electron chi connectivity index (χ0n) is 21.9. The van der Waals surface area contributed by atoms with E-state index in [0.717, 1.165) is 11.1 Å². The van der Waals surface area contributed by atoms with Gasteiger partial charge in [-0.2, -0.15) is 13.2 Å². The van der Waals surface area contributed by atoms with Gasteiger partial charge in [-0.3, -0.25) is 29.1 Å². The number of rotatable bonds is 11. The van der Waals surface area contributed by atoms with Gasteiger partial charge >= 0.3 is 24.1 Å². The van der Waals surface area contributed by atoms with Gasteiger partial charge in [0.05, 0.1) is 25.0 Å². The fourth-order valence-corrected chi connectivity index (χ4v) is 3.95. The average molecular weight is 583 g/mol. The molecule has 1 fully saturated rings. The number of nitrogens with zero attached hydrogens (tertiary/aromatic N) is 3. The second-order valence-corrected chi connectivity index (χ2v) is 8.89. The molecule has 1 aliphatic heterocycles. The quantitative estimate of drug-likeness (QED) is 0.330. The molecule has 12 nitrogen and oxygen atoms in total. The highest BCUT2D eigenvalue weighted by atomic mass is 19.4. The molecule has 2 amide bonds. The smallest absolute Gasteiger partial charge is 0.480 e. The van der Waals surface area contributed by atoms with Crippen molar-refractivity contribution in [3.63, 3.8) is 0 Å². The monoisotopic (exact) mass is 582 g/mol. The normalized spacial score (nSPS) is 16.5. The Bertz CT molecular complexity index is 1200. The Labute approximate surface area is 232 Å². The standard InChI is InChI=1S/C24H28N4O6.C2HF3O2/c1-27-20(29)12-19(23(27)18-8-5-9-25-13-18)24(33)26-10-11-28(14-21(30)31)15-22(32)34-16-17-6-3-2-4-7-17;3-2(4,5)1(6)7/h2-9,13,19,23H,10-12,14-16H2,1H3,(H,26,33)(H,30,31);(H,6,7)/t19-,23+;/m0./s1. The summed E-state index contributed by atoms with van der Waals surface area (Å²) in [6, 6.07) is 12.3. The lowest BCUT2D eigenvalue weighted by molar-refractivity contribution is -0.192. The van der Waals surface area contributed by atoms with E-state index >= 15 is 0 Å². The third-order valence-corrected chi connectivity index (χ3v) is 5.87. The fourth-order valence-electron chi connectivity index (χ4n) is 3.95. The minimum absolute atomic E-state index is 0.0759. The maximum Gasteiger partial charge on any atom is 0.490 e. The molecule has 0 spiro atoms. The van der Waals surface area contributed by atoms with Gasteiger partial charge in [0, 0.05) is 39.0 Å². The van der Waals surface area contributed by atoms with Crippen molar-refractivity contribution in [2.75, 3.05) is 33.2 Å². The largest absolute Gasteiger partial charge is 0.490 e. The molecule has 2 heterocycles. The number of carboxylic acid groups (broad SMARTS) is 2. The first-order chi connectivity index (χ1) is 19.3. The van der Waals surface area contributed by atoms with Crippen LogP contribution in [0.3, 0.4) is 0 Å². The Morgan fingerprint density at radius 3 is 2.32 bits per heavy atom. The number of likely N-dealkylation sites (tertiary alicyclic amines) is 1. The van der Waals surface area contributed by atoms with Crippen LogP contribution in [0, 0.1) is 5.92 Å². The highest BCUT2D eigenvalue weighted by Gasteiger charge is 2.42. The third kappa shape index (κ3) is 10.9. The maximum atomic E-state index is 12.9. The van der Waals surface area contributed by atoms with Gasteiger partial charge in [0.25, 0.3) is 0 Å². The molecule has 1 aliphatic rings. The first kappa shape index (κ1) is 32.7. The van der Waals surface area contributed by atoms with Crippen LogP contribution < -0.4 is 5.32 Å². The van der Waals surface area contributed by atoms with E-state index in [-0.39, 0.29) is 51.0 Å². The number of halogens is 3. The van der Waals surface area contributed by atoms with Crippen LogP contribution in [0.5, 0.6) is 0 Å². The lowest BCUT2D eigenvalue weighted by Gasteiger charge is -2.25. The van der Waals surface area contributed by atoms with Crippen LogP contribution in [0.1, 0.15) is 23.6 Å². The summed E-state index contributed by atoms with van der Waals surface area (Å²) in [5.41, 5.74) is 1.59. The number of benzene rings is 1.